The van der Waals surface area contributed by atoms with Crippen LogP contribution in [0.3, 0.4) is 0 Å². The Morgan fingerprint density at radius 1 is 1.21 bits per heavy atom. The maximum Gasteiger partial charge on any atom is 0.127 e. The fourth-order valence-electron chi connectivity index (χ4n) is 1.93. The number of hydrogen-bond acceptors (Lipinski definition) is 4. The normalized spacial score (nSPS) is 13.8. The number of nitrogens with two attached hydrogens (primary N) is 1. The van der Waals surface area contributed by atoms with E-state index in [-0.39, 0.29) is 6.61 Å². The predicted octanol–water partition coefficient (Wildman–Crippen LogP) is 2.29. The van der Waals surface area contributed by atoms with Gasteiger partial charge >= 0.3 is 0 Å². The van der Waals surface area contributed by atoms with E-state index in [1.807, 2.05) is 56.3 Å². The maximum atomic E-state index is 9.71. The minimum atomic E-state index is -0.573. The highest BCUT2D eigenvalue weighted by molar-refractivity contribution is 5.51. The van der Waals surface area contributed by atoms with Gasteiger partial charge in [-0.3, -0.25) is 0 Å². The van der Waals surface area contributed by atoms with Crippen LogP contribution >= 0.6 is 0 Å². The molecule has 2 rings (SSSR count). The molecule has 4 heteroatoms. The quantitative estimate of drug-likeness (QED) is 0.786. The molecule has 1 aromatic carbocycles. The van der Waals surface area contributed by atoms with Crippen molar-refractivity contribution in [2.45, 2.75) is 19.4 Å². The number of aliphatic hydroxyl groups excluding tert-OH is 1. The fraction of sp³-hybridized carbons (Fsp3) is 0.267. The zero-order valence-electron chi connectivity index (χ0n) is 11.2. The minimum Gasteiger partial charge on any atom is -0.397 e. The number of pyridine rings is 1. The SMILES string of the molecule is Cc1nc(NC(C)(CO)c2ccccc2)ccc1N. The Kier molecular flexibility index (Phi) is 3.71. The van der Waals surface area contributed by atoms with Gasteiger partial charge in [-0.25, -0.2) is 4.98 Å². The van der Waals surface area contributed by atoms with E-state index in [1.165, 1.54) is 0 Å². The van der Waals surface area contributed by atoms with E-state index >= 15 is 0 Å². The van der Waals surface area contributed by atoms with Gasteiger partial charge in [-0.1, -0.05) is 30.3 Å². The van der Waals surface area contributed by atoms with Crippen molar-refractivity contribution in [1.82, 2.24) is 4.98 Å². The summed E-state index contributed by atoms with van der Waals surface area (Å²) < 4.78 is 0. The molecule has 1 unspecified atom stereocenters. The zero-order chi connectivity index (χ0) is 13.9. The molecule has 0 aliphatic rings. The molecule has 1 heterocycles. The van der Waals surface area contributed by atoms with Crippen LogP contribution in [0.2, 0.25) is 0 Å². The molecule has 1 atom stereocenters. The number of aryl methyl sites for hydroxylation is 1. The van der Waals surface area contributed by atoms with Crippen LogP contribution in [-0.4, -0.2) is 16.7 Å². The molecular formula is C15H19N3O. The third-order valence-corrected chi connectivity index (χ3v) is 3.26. The number of nitrogens with zero attached hydrogens (tertiary/aromatic N) is 1. The van der Waals surface area contributed by atoms with Crippen LogP contribution in [0.25, 0.3) is 0 Å². The summed E-state index contributed by atoms with van der Waals surface area (Å²) in [4.78, 5) is 4.38. The summed E-state index contributed by atoms with van der Waals surface area (Å²) in [6.45, 7) is 3.77. The Hall–Kier alpha value is -2.07. The maximum absolute atomic E-state index is 9.71. The zero-order valence-corrected chi connectivity index (χ0v) is 11.2. The molecule has 0 fully saturated rings. The van der Waals surface area contributed by atoms with Crippen molar-refractivity contribution in [2.75, 3.05) is 17.7 Å². The Bertz CT molecular complexity index is 557. The van der Waals surface area contributed by atoms with Gasteiger partial charge in [0, 0.05) is 0 Å². The number of anilines is 2. The van der Waals surface area contributed by atoms with E-state index in [4.69, 9.17) is 5.73 Å². The Labute approximate surface area is 113 Å². The Morgan fingerprint density at radius 3 is 2.47 bits per heavy atom. The first-order valence-electron chi connectivity index (χ1n) is 6.23. The summed E-state index contributed by atoms with van der Waals surface area (Å²) in [6, 6.07) is 13.4. The van der Waals surface area contributed by atoms with Crippen molar-refractivity contribution in [2.24, 2.45) is 0 Å². The van der Waals surface area contributed by atoms with Crippen molar-refractivity contribution in [3.8, 4) is 0 Å². The molecule has 4 N–H and O–H groups in total. The highest BCUT2D eigenvalue weighted by atomic mass is 16.3. The van der Waals surface area contributed by atoms with Crippen LogP contribution in [0.4, 0.5) is 11.5 Å². The number of nitrogens with one attached hydrogen (secondary N) is 1. The molecule has 0 radical (unpaired) electrons. The Morgan fingerprint density at radius 2 is 1.89 bits per heavy atom. The lowest BCUT2D eigenvalue weighted by Crippen LogP contribution is -2.36. The van der Waals surface area contributed by atoms with E-state index in [2.05, 4.69) is 10.3 Å². The van der Waals surface area contributed by atoms with Crippen molar-refractivity contribution in [3.05, 3.63) is 53.7 Å². The molecule has 2 aromatic rings. The minimum absolute atomic E-state index is 0.0257. The van der Waals surface area contributed by atoms with Gasteiger partial charge in [-0.2, -0.15) is 0 Å². The molecular weight excluding hydrogens is 238 g/mol. The summed E-state index contributed by atoms with van der Waals surface area (Å²) in [5.74, 6) is 0.701. The molecule has 0 spiro atoms. The molecule has 0 aliphatic heterocycles. The predicted molar refractivity (Wildman–Crippen MR) is 77.9 cm³/mol. The fourth-order valence-corrected chi connectivity index (χ4v) is 1.93. The molecule has 0 saturated heterocycles. The number of nitrogen functional groups attached to an aromatic ring is 1. The highest BCUT2D eigenvalue weighted by Crippen LogP contribution is 2.25. The van der Waals surface area contributed by atoms with Gasteiger partial charge in [0.2, 0.25) is 0 Å². The molecule has 0 bridgehead atoms. The van der Waals surface area contributed by atoms with Crippen molar-refractivity contribution >= 4 is 11.5 Å². The Balaban J connectivity index is 2.30. The van der Waals surface area contributed by atoms with Crippen LogP contribution in [0.5, 0.6) is 0 Å². The van der Waals surface area contributed by atoms with Crippen LogP contribution in [0.15, 0.2) is 42.5 Å². The average molecular weight is 257 g/mol. The first-order valence-corrected chi connectivity index (χ1v) is 6.23. The van der Waals surface area contributed by atoms with Crippen LogP contribution < -0.4 is 11.1 Å². The van der Waals surface area contributed by atoms with Crippen molar-refractivity contribution in [1.29, 1.82) is 0 Å². The second kappa shape index (κ2) is 5.28. The number of aromatic nitrogens is 1. The average Bonchev–Trinajstić information content (AvgIpc) is 2.44. The summed E-state index contributed by atoms with van der Waals surface area (Å²) in [7, 11) is 0. The van der Waals surface area contributed by atoms with Gasteiger partial charge in [0.1, 0.15) is 5.82 Å². The van der Waals surface area contributed by atoms with Gasteiger partial charge in [-0.05, 0) is 31.5 Å². The lowest BCUT2D eigenvalue weighted by Gasteiger charge is -2.30. The first-order chi connectivity index (χ1) is 9.05. The monoisotopic (exact) mass is 257 g/mol. The molecule has 100 valence electrons. The summed E-state index contributed by atoms with van der Waals surface area (Å²) in [5, 5.41) is 13.0. The topological polar surface area (TPSA) is 71.2 Å². The molecule has 1 aromatic heterocycles. The van der Waals surface area contributed by atoms with Crippen molar-refractivity contribution < 1.29 is 5.11 Å². The van der Waals surface area contributed by atoms with Crippen LogP contribution in [-0.2, 0) is 5.54 Å². The largest absolute Gasteiger partial charge is 0.397 e. The van der Waals surface area contributed by atoms with E-state index < -0.39 is 5.54 Å². The molecule has 0 saturated carbocycles. The highest BCUT2D eigenvalue weighted by Gasteiger charge is 2.25. The smallest absolute Gasteiger partial charge is 0.127 e. The molecule has 4 nitrogen and oxygen atoms in total. The number of hydrogen-bond donors (Lipinski definition) is 3. The van der Waals surface area contributed by atoms with Gasteiger partial charge in [0.25, 0.3) is 0 Å². The first kappa shape index (κ1) is 13.4. The van der Waals surface area contributed by atoms with Crippen molar-refractivity contribution in [3.63, 3.8) is 0 Å². The second-order valence-electron chi connectivity index (χ2n) is 4.85. The lowest BCUT2D eigenvalue weighted by atomic mass is 9.93. The van der Waals surface area contributed by atoms with E-state index in [9.17, 15) is 5.11 Å². The van der Waals surface area contributed by atoms with Gasteiger partial charge in [0.15, 0.2) is 0 Å². The lowest BCUT2D eigenvalue weighted by molar-refractivity contribution is 0.223. The van der Waals surface area contributed by atoms with E-state index in [0.29, 0.717) is 11.5 Å². The number of aliphatic hydroxyl groups is 1. The molecule has 19 heavy (non-hydrogen) atoms. The number of rotatable bonds is 4. The van der Waals surface area contributed by atoms with Gasteiger partial charge in [-0.15, -0.1) is 0 Å². The van der Waals surface area contributed by atoms with Crippen LogP contribution in [0, 0.1) is 6.92 Å². The van der Waals surface area contributed by atoms with Gasteiger partial charge in [0.05, 0.1) is 23.5 Å². The molecule has 0 aliphatic carbocycles. The van der Waals surface area contributed by atoms with Crippen LogP contribution in [0.1, 0.15) is 18.2 Å². The third-order valence-electron chi connectivity index (χ3n) is 3.26. The van der Waals surface area contributed by atoms with Gasteiger partial charge < -0.3 is 16.2 Å². The standard InChI is InChI=1S/C15H19N3O/c1-11-13(16)8-9-14(17-11)18-15(2,10-19)12-6-4-3-5-7-12/h3-9,19H,10,16H2,1-2H3,(H,17,18). The third kappa shape index (κ3) is 2.85. The van der Waals surface area contributed by atoms with E-state index in [0.717, 1.165) is 11.3 Å². The van der Waals surface area contributed by atoms with E-state index in [1.54, 1.807) is 0 Å². The summed E-state index contributed by atoms with van der Waals surface area (Å²) >= 11 is 0. The second-order valence-corrected chi connectivity index (χ2v) is 4.85. The molecule has 0 amide bonds. The summed E-state index contributed by atoms with van der Waals surface area (Å²) in [5.41, 5.74) is 7.63. The summed E-state index contributed by atoms with van der Waals surface area (Å²) in [6.07, 6.45) is 0. The number of benzene rings is 1.